The number of benzene rings is 1. The Labute approximate surface area is 123 Å². The molecule has 0 saturated carbocycles. The lowest BCUT2D eigenvalue weighted by molar-refractivity contribution is 0.0647. The summed E-state index contributed by atoms with van der Waals surface area (Å²) in [5.74, 6) is -0.268. The van der Waals surface area contributed by atoms with Crippen LogP contribution < -0.4 is 5.32 Å². The predicted octanol–water partition coefficient (Wildman–Crippen LogP) is 1.72. The summed E-state index contributed by atoms with van der Waals surface area (Å²) in [6, 6.07) is 5.78. The van der Waals surface area contributed by atoms with E-state index in [9.17, 15) is 15.0 Å². The number of aryl methyl sites for hydroxylation is 1. The van der Waals surface area contributed by atoms with Crippen molar-refractivity contribution in [3.8, 4) is 0 Å². The first-order chi connectivity index (χ1) is 10.0. The minimum atomic E-state index is -0.732. The summed E-state index contributed by atoms with van der Waals surface area (Å²) in [6.07, 6.45) is 2.32. The number of carbonyl (C=O) groups is 1. The molecule has 0 atom stereocenters. The van der Waals surface area contributed by atoms with E-state index in [1.807, 2.05) is 18.2 Å². The fourth-order valence-corrected chi connectivity index (χ4v) is 2.02. The van der Waals surface area contributed by atoms with E-state index in [-0.39, 0.29) is 25.7 Å². The van der Waals surface area contributed by atoms with E-state index in [1.165, 1.54) is 6.26 Å². The van der Waals surface area contributed by atoms with Crippen LogP contribution in [0.5, 0.6) is 0 Å². The number of carbonyl (C=O) groups excluding carboxylic acids is 1. The molecular formula is C16H21NO4. The molecule has 0 bridgehead atoms. The van der Waals surface area contributed by atoms with Gasteiger partial charge in [-0.3, -0.25) is 4.79 Å². The van der Waals surface area contributed by atoms with Gasteiger partial charge in [0.15, 0.2) is 0 Å². The minimum absolute atomic E-state index is 0.193. The molecule has 5 heteroatoms. The normalized spacial score (nSPS) is 11.8. The summed E-state index contributed by atoms with van der Waals surface area (Å²) in [4.78, 5) is 12.3. The molecule has 0 radical (unpaired) electrons. The lowest BCUT2D eigenvalue weighted by Crippen LogP contribution is -2.40. The van der Waals surface area contributed by atoms with Gasteiger partial charge in [0.2, 0.25) is 0 Å². The molecule has 0 spiro atoms. The van der Waals surface area contributed by atoms with Gasteiger partial charge in [-0.1, -0.05) is 19.9 Å². The summed E-state index contributed by atoms with van der Waals surface area (Å²) in [5.41, 5.74) is 1.54. The fraction of sp³-hybridized carbons (Fsp3) is 0.438. The SMILES string of the molecule is CCc1ccc2occ(C(=O)NCC(C)(CO)CO)c2c1. The van der Waals surface area contributed by atoms with E-state index < -0.39 is 5.41 Å². The number of amides is 1. The monoisotopic (exact) mass is 291 g/mol. The van der Waals surface area contributed by atoms with Gasteiger partial charge in [-0.2, -0.15) is 0 Å². The van der Waals surface area contributed by atoms with Gasteiger partial charge in [-0.15, -0.1) is 0 Å². The zero-order valence-corrected chi connectivity index (χ0v) is 12.3. The quantitative estimate of drug-likeness (QED) is 0.756. The van der Waals surface area contributed by atoms with Crippen molar-refractivity contribution in [2.24, 2.45) is 5.41 Å². The van der Waals surface area contributed by atoms with Crippen molar-refractivity contribution in [1.82, 2.24) is 5.32 Å². The molecule has 0 unspecified atom stereocenters. The Morgan fingerprint density at radius 2 is 2.05 bits per heavy atom. The Morgan fingerprint density at radius 3 is 2.67 bits per heavy atom. The van der Waals surface area contributed by atoms with Crippen molar-refractivity contribution in [2.45, 2.75) is 20.3 Å². The first-order valence-electron chi connectivity index (χ1n) is 7.03. The number of aliphatic hydroxyl groups is 2. The second-order valence-electron chi connectivity index (χ2n) is 5.64. The van der Waals surface area contributed by atoms with Gasteiger partial charge in [0.25, 0.3) is 5.91 Å². The van der Waals surface area contributed by atoms with Gasteiger partial charge >= 0.3 is 0 Å². The van der Waals surface area contributed by atoms with Crippen LogP contribution in [0.1, 0.15) is 29.8 Å². The third-order valence-corrected chi connectivity index (χ3v) is 3.73. The number of aliphatic hydroxyl groups excluding tert-OH is 2. The molecule has 3 N–H and O–H groups in total. The molecule has 0 aliphatic rings. The van der Waals surface area contributed by atoms with E-state index in [4.69, 9.17) is 4.42 Å². The molecule has 1 amide bonds. The standard InChI is InChI=1S/C16H21NO4/c1-3-11-4-5-14-12(6-11)13(7-21-14)15(20)17-8-16(2,9-18)10-19/h4-7,18-19H,3,8-10H2,1-2H3,(H,17,20). The molecule has 0 aliphatic heterocycles. The van der Waals surface area contributed by atoms with Crippen molar-refractivity contribution < 1.29 is 19.4 Å². The highest BCUT2D eigenvalue weighted by atomic mass is 16.3. The van der Waals surface area contributed by atoms with Crippen LogP contribution in [-0.2, 0) is 6.42 Å². The number of fused-ring (bicyclic) bond motifs is 1. The van der Waals surface area contributed by atoms with Gasteiger partial charge in [0, 0.05) is 17.3 Å². The van der Waals surface area contributed by atoms with Crippen LogP contribution in [0.4, 0.5) is 0 Å². The molecule has 0 saturated heterocycles. The van der Waals surface area contributed by atoms with Gasteiger partial charge in [-0.25, -0.2) is 0 Å². The molecule has 0 aliphatic carbocycles. The summed E-state index contributed by atoms with van der Waals surface area (Å²) in [7, 11) is 0. The van der Waals surface area contributed by atoms with E-state index in [2.05, 4.69) is 12.2 Å². The second kappa shape index (κ2) is 6.28. The van der Waals surface area contributed by atoms with E-state index in [0.29, 0.717) is 11.1 Å². The third-order valence-electron chi connectivity index (χ3n) is 3.73. The largest absolute Gasteiger partial charge is 0.463 e. The zero-order chi connectivity index (χ0) is 15.5. The van der Waals surface area contributed by atoms with E-state index >= 15 is 0 Å². The topological polar surface area (TPSA) is 82.7 Å². The molecule has 21 heavy (non-hydrogen) atoms. The molecule has 1 heterocycles. The van der Waals surface area contributed by atoms with Gasteiger partial charge < -0.3 is 19.9 Å². The van der Waals surface area contributed by atoms with Crippen molar-refractivity contribution >= 4 is 16.9 Å². The fourth-order valence-electron chi connectivity index (χ4n) is 2.02. The highest BCUT2D eigenvalue weighted by Gasteiger charge is 2.24. The maximum Gasteiger partial charge on any atom is 0.255 e. The van der Waals surface area contributed by atoms with Crippen molar-refractivity contribution in [3.05, 3.63) is 35.6 Å². The zero-order valence-electron chi connectivity index (χ0n) is 12.3. The smallest absolute Gasteiger partial charge is 0.255 e. The predicted molar refractivity (Wildman–Crippen MR) is 80.2 cm³/mol. The summed E-state index contributed by atoms with van der Waals surface area (Å²) < 4.78 is 5.39. The average Bonchev–Trinajstić information content (AvgIpc) is 2.95. The van der Waals surface area contributed by atoms with E-state index in [0.717, 1.165) is 17.4 Å². The highest BCUT2D eigenvalue weighted by molar-refractivity contribution is 6.06. The van der Waals surface area contributed by atoms with Crippen molar-refractivity contribution in [3.63, 3.8) is 0 Å². The van der Waals surface area contributed by atoms with Gasteiger partial charge in [0.05, 0.1) is 18.8 Å². The summed E-state index contributed by atoms with van der Waals surface area (Å²) >= 11 is 0. The van der Waals surface area contributed by atoms with Crippen LogP contribution >= 0.6 is 0 Å². The first kappa shape index (κ1) is 15.5. The Hall–Kier alpha value is -1.85. The molecule has 5 nitrogen and oxygen atoms in total. The van der Waals surface area contributed by atoms with Crippen LogP contribution in [0.3, 0.4) is 0 Å². The maximum absolute atomic E-state index is 12.3. The van der Waals surface area contributed by atoms with Crippen molar-refractivity contribution in [1.29, 1.82) is 0 Å². The molecular weight excluding hydrogens is 270 g/mol. The minimum Gasteiger partial charge on any atom is -0.463 e. The Kier molecular flexibility index (Phi) is 4.65. The molecule has 0 fully saturated rings. The number of hydrogen-bond acceptors (Lipinski definition) is 4. The number of nitrogens with one attached hydrogen (secondary N) is 1. The molecule has 1 aromatic heterocycles. The lowest BCUT2D eigenvalue weighted by atomic mass is 9.93. The van der Waals surface area contributed by atoms with Crippen LogP contribution in [0.25, 0.3) is 11.0 Å². The first-order valence-corrected chi connectivity index (χ1v) is 7.03. The van der Waals surface area contributed by atoms with Gasteiger partial charge in [-0.05, 0) is 24.1 Å². The molecule has 2 rings (SSSR count). The molecule has 2 aromatic rings. The third kappa shape index (κ3) is 3.25. The van der Waals surface area contributed by atoms with Gasteiger partial charge in [0.1, 0.15) is 11.8 Å². The number of hydrogen-bond donors (Lipinski definition) is 3. The number of furan rings is 1. The molecule has 1 aromatic carbocycles. The number of rotatable bonds is 6. The van der Waals surface area contributed by atoms with Crippen LogP contribution in [-0.4, -0.2) is 35.9 Å². The highest BCUT2D eigenvalue weighted by Crippen LogP contribution is 2.23. The van der Waals surface area contributed by atoms with Crippen LogP contribution in [0, 0.1) is 5.41 Å². The summed E-state index contributed by atoms with van der Waals surface area (Å²) in [5, 5.41) is 22.0. The van der Waals surface area contributed by atoms with E-state index in [1.54, 1.807) is 6.92 Å². The van der Waals surface area contributed by atoms with Crippen LogP contribution in [0.2, 0.25) is 0 Å². The Bertz CT molecular complexity index is 628. The maximum atomic E-state index is 12.3. The Morgan fingerprint density at radius 1 is 1.33 bits per heavy atom. The molecule has 114 valence electrons. The average molecular weight is 291 g/mol. The summed E-state index contributed by atoms with van der Waals surface area (Å²) in [6.45, 7) is 3.55. The van der Waals surface area contributed by atoms with Crippen LogP contribution in [0.15, 0.2) is 28.9 Å². The Balaban J connectivity index is 2.19. The second-order valence-corrected chi connectivity index (χ2v) is 5.64. The van der Waals surface area contributed by atoms with Crippen molar-refractivity contribution in [2.75, 3.05) is 19.8 Å². The lowest BCUT2D eigenvalue weighted by Gasteiger charge is -2.24.